The van der Waals surface area contributed by atoms with Crippen LogP contribution in [0.4, 0.5) is 4.79 Å². The lowest BCUT2D eigenvalue weighted by Gasteiger charge is -2.31. The summed E-state index contributed by atoms with van der Waals surface area (Å²) in [6.07, 6.45) is 1.18. The zero-order valence-corrected chi connectivity index (χ0v) is 20.1. The van der Waals surface area contributed by atoms with Crippen LogP contribution in [0.2, 0.25) is 4.34 Å². The molecule has 4 N–H and O–H groups in total. The molecule has 9 nitrogen and oxygen atoms in total. The van der Waals surface area contributed by atoms with Crippen molar-refractivity contribution < 1.29 is 17.9 Å². The smallest absolute Gasteiger partial charge is 0.409 e. The fraction of sp³-hybridized carbons (Fsp3) is 0.600. The van der Waals surface area contributed by atoms with Crippen LogP contribution in [0.3, 0.4) is 0 Å². The second-order valence-electron chi connectivity index (χ2n) is 5.83. The molecule has 1 aliphatic rings. The van der Waals surface area contributed by atoms with Crippen LogP contribution < -0.4 is 15.8 Å². The van der Waals surface area contributed by atoms with Crippen molar-refractivity contribution in [1.82, 2.24) is 14.9 Å². The van der Waals surface area contributed by atoms with Crippen molar-refractivity contribution >= 4 is 69.0 Å². The maximum Gasteiger partial charge on any atom is 0.409 e. The Morgan fingerprint density at radius 3 is 2.68 bits per heavy atom. The predicted octanol–water partition coefficient (Wildman–Crippen LogP) is 1.82. The number of nitrogens with one attached hydrogen (secondary N) is 2. The van der Waals surface area contributed by atoms with Gasteiger partial charge in [0.1, 0.15) is 4.21 Å². The Labute approximate surface area is 191 Å². The quantitative estimate of drug-likeness (QED) is 0.200. The molecule has 160 valence electrons. The second-order valence-corrected chi connectivity index (χ2v) is 9.54. The van der Waals surface area contributed by atoms with Gasteiger partial charge < -0.3 is 20.7 Å². The Hall–Kier alpha value is -0.830. The summed E-state index contributed by atoms with van der Waals surface area (Å²) in [6, 6.07) is 3.11. The number of aliphatic imine (C=N–C) groups is 1. The lowest BCUT2D eigenvalue weighted by atomic mass is 10.1. The SMILES string of the molecule is CCOC(=O)N1CCC(NC(N)=NCCNS(=O)(=O)c2ccc(Cl)s2)CC1.I. The highest BCUT2D eigenvalue weighted by molar-refractivity contribution is 14.0. The van der Waals surface area contributed by atoms with Crippen LogP contribution in [0.1, 0.15) is 19.8 Å². The number of likely N-dealkylation sites (tertiary alicyclic amines) is 1. The van der Waals surface area contributed by atoms with Crippen molar-refractivity contribution in [2.45, 2.75) is 30.0 Å². The number of piperidine rings is 1. The Morgan fingerprint density at radius 2 is 2.11 bits per heavy atom. The summed E-state index contributed by atoms with van der Waals surface area (Å²) in [6.45, 7) is 3.65. The Morgan fingerprint density at radius 1 is 1.43 bits per heavy atom. The second kappa shape index (κ2) is 12.0. The molecule has 1 aliphatic heterocycles. The standard InChI is InChI=1S/C15H24ClN5O4S2.HI/c1-2-25-15(22)21-9-5-11(6-10-21)20-14(17)18-7-8-19-27(23,24)13-4-3-12(16)26-13;/h3-4,11,19H,2,5-10H2,1H3,(H3,17,18,20);1H. The summed E-state index contributed by atoms with van der Waals surface area (Å²) in [4.78, 5) is 17.5. The summed E-state index contributed by atoms with van der Waals surface area (Å²) < 4.78 is 32.1. The number of rotatable bonds is 7. The van der Waals surface area contributed by atoms with E-state index in [0.717, 1.165) is 24.2 Å². The van der Waals surface area contributed by atoms with Gasteiger partial charge in [-0.1, -0.05) is 11.6 Å². The Bertz CT molecular complexity index is 766. The first-order valence-electron chi connectivity index (χ1n) is 8.55. The van der Waals surface area contributed by atoms with E-state index in [1.54, 1.807) is 11.8 Å². The lowest BCUT2D eigenvalue weighted by molar-refractivity contribution is 0.0963. The number of halogens is 2. The number of carbonyl (C=O) groups is 1. The molecule has 2 heterocycles. The molecule has 1 amide bonds. The summed E-state index contributed by atoms with van der Waals surface area (Å²) >= 11 is 6.75. The van der Waals surface area contributed by atoms with Crippen molar-refractivity contribution in [3.63, 3.8) is 0 Å². The summed E-state index contributed by atoms with van der Waals surface area (Å²) in [7, 11) is -3.58. The third-order valence-corrected chi connectivity index (χ3v) is 7.06. The molecule has 1 aromatic rings. The van der Waals surface area contributed by atoms with E-state index < -0.39 is 10.0 Å². The molecule has 1 fully saturated rings. The number of amides is 1. The number of hydrogen-bond acceptors (Lipinski definition) is 6. The van der Waals surface area contributed by atoms with Gasteiger partial charge in [0.15, 0.2) is 5.96 Å². The van der Waals surface area contributed by atoms with Gasteiger partial charge in [0.2, 0.25) is 10.0 Å². The molecule has 28 heavy (non-hydrogen) atoms. The topological polar surface area (TPSA) is 126 Å². The van der Waals surface area contributed by atoms with Crippen molar-refractivity contribution in [3.05, 3.63) is 16.5 Å². The van der Waals surface area contributed by atoms with Crippen molar-refractivity contribution in [2.75, 3.05) is 32.8 Å². The van der Waals surface area contributed by atoms with Gasteiger partial charge in [0.05, 0.1) is 17.5 Å². The molecule has 0 spiro atoms. The van der Waals surface area contributed by atoms with Crippen molar-refractivity contribution in [2.24, 2.45) is 10.7 Å². The van der Waals surface area contributed by atoms with Crippen LogP contribution in [0.5, 0.6) is 0 Å². The van der Waals surface area contributed by atoms with Gasteiger partial charge >= 0.3 is 6.09 Å². The highest BCUT2D eigenvalue weighted by Crippen LogP contribution is 2.25. The molecule has 1 aromatic heterocycles. The Kier molecular flexibility index (Phi) is 10.8. The van der Waals surface area contributed by atoms with Crippen LogP contribution in [0.25, 0.3) is 0 Å². The summed E-state index contributed by atoms with van der Waals surface area (Å²) in [5.41, 5.74) is 5.85. The van der Waals surface area contributed by atoms with Crippen molar-refractivity contribution in [1.29, 1.82) is 0 Å². The molecular formula is C15H25ClIN5O4S2. The number of thiophene rings is 1. The fourth-order valence-electron chi connectivity index (χ4n) is 2.55. The first kappa shape index (κ1) is 25.2. The number of nitrogens with zero attached hydrogens (tertiary/aromatic N) is 2. The maximum atomic E-state index is 12.0. The average molecular weight is 566 g/mol. The van der Waals surface area contributed by atoms with E-state index >= 15 is 0 Å². The van der Waals surface area contributed by atoms with Crippen molar-refractivity contribution in [3.8, 4) is 0 Å². The van der Waals surface area contributed by atoms with Gasteiger partial charge in [-0.15, -0.1) is 35.3 Å². The number of carbonyl (C=O) groups excluding carboxylic acids is 1. The van der Waals surface area contributed by atoms with Crippen LogP contribution >= 0.6 is 46.9 Å². The van der Waals surface area contributed by atoms with Gasteiger partial charge in [0, 0.05) is 25.7 Å². The minimum atomic E-state index is -3.58. The lowest BCUT2D eigenvalue weighted by Crippen LogP contribution is -2.48. The number of ether oxygens (including phenoxy) is 1. The summed E-state index contributed by atoms with van der Waals surface area (Å²) in [5.74, 6) is 0.253. The molecule has 1 saturated heterocycles. The molecule has 0 aromatic carbocycles. The number of hydrogen-bond donors (Lipinski definition) is 3. The maximum absolute atomic E-state index is 12.0. The number of guanidine groups is 1. The average Bonchev–Trinajstić information content (AvgIpc) is 3.07. The summed E-state index contributed by atoms with van der Waals surface area (Å²) in [5, 5.41) is 3.10. The molecule has 0 unspecified atom stereocenters. The number of sulfonamides is 1. The predicted molar refractivity (Wildman–Crippen MR) is 121 cm³/mol. The van der Waals surface area contributed by atoms with E-state index in [-0.39, 0.29) is 59.4 Å². The zero-order chi connectivity index (χ0) is 19.9. The van der Waals surface area contributed by atoms with Gasteiger partial charge in [-0.2, -0.15) is 0 Å². The molecule has 0 aliphatic carbocycles. The largest absolute Gasteiger partial charge is 0.450 e. The van der Waals surface area contributed by atoms with Crippen LogP contribution in [0, 0.1) is 0 Å². The molecular weight excluding hydrogens is 541 g/mol. The van der Waals surface area contributed by atoms with E-state index in [9.17, 15) is 13.2 Å². The van der Waals surface area contributed by atoms with E-state index in [2.05, 4.69) is 15.0 Å². The highest BCUT2D eigenvalue weighted by Gasteiger charge is 2.23. The van der Waals surface area contributed by atoms with Gasteiger partial charge in [-0.25, -0.2) is 17.9 Å². The first-order valence-corrected chi connectivity index (χ1v) is 11.2. The third-order valence-electron chi connectivity index (χ3n) is 3.87. The normalized spacial score (nSPS) is 15.8. The molecule has 2 rings (SSSR count). The minimum absolute atomic E-state index is 0. The van der Waals surface area contributed by atoms with Crippen LogP contribution in [-0.4, -0.2) is 64.2 Å². The van der Waals surface area contributed by atoms with E-state index in [4.69, 9.17) is 22.1 Å². The van der Waals surface area contributed by atoms with Gasteiger partial charge in [-0.3, -0.25) is 4.99 Å². The zero-order valence-electron chi connectivity index (χ0n) is 15.4. The van der Waals surface area contributed by atoms with E-state index in [1.807, 2.05) is 0 Å². The van der Waals surface area contributed by atoms with Gasteiger partial charge in [-0.05, 0) is 31.9 Å². The molecule has 13 heteroatoms. The van der Waals surface area contributed by atoms with Crippen LogP contribution in [0.15, 0.2) is 21.3 Å². The monoisotopic (exact) mass is 565 g/mol. The highest BCUT2D eigenvalue weighted by atomic mass is 127. The first-order chi connectivity index (χ1) is 12.8. The minimum Gasteiger partial charge on any atom is -0.450 e. The third kappa shape index (κ3) is 7.89. The molecule has 0 atom stereocenters. The van der Waals surface area contributed by atoms with Crippen LogP contribution in [-0.2, 0) is 14.8 Å². The van der Waals surface area contributed by atoms with E-state index in [1.165, 1.54) is 12.1 Å². The molecule has 0 bridgehead atoms. The number of nitrogens with two attached hydrogens (primary N) is 1. The molecule has 0 radical (unpaired) electrons. The molecule has 0 saturated carbocycles. The van der Waals surface area contributed by atoms with Gasteiger partial charge in [0.25, 0.3) is 0 Å². The Balaban J connectivity index is 0.00000392. The van der Waals surface area contributed by atoms with E-state index in [0.29, 0.717) is 24.0 Å². The fourth-order valence-corrected chi connectivity index (χ4v) is 5.09.